The minimum atomic E-state index is -4.64. The van der Waals surface area contributed by atoms with Crippen LogP contribution in [0.4, 0.5) is 13.2 Å². The first-order valence-electron chi connectivity index (χ1n) is 6.17. The molecule has 0 aliphatic carbocycles. The highest BCUT2D eigenvalue weighted by atomic mass is 19.4. The average Bonchev–Trinajstić information content (AvgIpc) is 2.28. The summed E-state index contributed by atoms with van der Waals surface area (Å²) in [6.45, 7) is 6.00. The summed E-state index contributed by atoms with van der Waals surface area (Å²) in [5.41, 5.74) is 0.350. The van der Waals surface area contributed by atoms with Crippen molar-refractivity contribution in [2.45, 2.75) is 51.8 Å². The Balaban J connectivity index is 3.15. The van der Waals surface area contributed by atoms with E-state index in [2.05, 4.69) is 4.74 Å². The lowest BCUT2D eigenvalue weighted by molar-refractivity contribution is -0.275. The van der Waals surface area contributed by atoms with Crippen LogP contribution >= 0.6 is 0 Å². The zero-order valence-corrected chi connectivity index (χ0v) is 11.0. The quantitative estimate of drug-likeness (QED) is 0.719. The van der Waals surface area contributed by atoms with Crippen molar-refractivity contribution in [3.8, 4) is 5.75 Å². The minimum Gasteiger partial charge on any atom is -0.405 e. The minimum absolute atomic E-state index is 0.0807. The van der Waals surface area contributed by atoms with Crippen molar-refractivity contribution in [2.24, 2.45) is 0 Å². The molecule has 0 radical (unpaired) electrons. The van der Waals surface area contributed by atoms with Crippen LogP contribution in [0.3, 0.4) is 0 Å². The smallest absolute Gasteiger partial charge is 0.405 e. The van der Waals surface area contributed by atoms with Crippen molar-refractivity contribution in [3.63, 3.8) is 0 Å². The van der Waals surface area contributed by atoms with Crippen LogP contribution in [-0.2, 0) is 5.41 Å². The van der Waals surface area contributed by atoms with Gasteiger partial charge in [-0.1, -0.05) is 45.4 Å². The van der Waals surface area contributed by atoms with E-state index in [1.165, 1.54) is 6.07 Å². The van der Waals surface area contributed by atoms with Gasteiger partial charge in [0.25, 0.3) is 0 Å². The second-order valence-electron chi connectivity index (χ2n) is 4.71. The molecule has 1 aromatic rings. The molecule has 0 saturated carbocycles. The van der Waals surface area contributed by atoms with E-state index in [-0.39, 0.29) is 11.2 Å². The number of alkyl halides is 3. The summed E-state index contributed by atoms with van der Waals surface area (Å²) in [4.78, 5) is 0. The van der Waals surface area contributed by atoms with Crippen LogP contribution in [0.15, 0.2) is 24.3 Å². The molecular formula is C14H19F3O. The summed E-state index contributed by atoms with van der Waals surface area (Å²) in [5.74, 6) is -0.0807. The van der Waals surface area contributed by atoms with Crippen LogP contribution in [0, 0.1) is 0 Å². The molecule has 102 valence electrons. The monoisotopic (exact) mass is 260 g/mol. The molecule has 0 heterocycles. The fourth-order valence-corrected chi connectivity index (χ4v) is 2.23. The lowest BCUT2D eigenvalue weighted by Crippen LogP contribution is -2.25. The van der Waals surface area contributed by atoms with E-state index in [9.17, 15) is 13.2 Å². The predicted molar refractivity (Wildman–Crippen MR) is 65.7 cm³/mol. The maximum atomic E-state index is 12.4. The van der Waals surface area contributed by atoms with Gasteiger partial charge < -0.3 is 4.74 Å². The van der Waals surface area contributed by atoms with Crippen molar-refractivity contribution in [3.05, 3.63) is 29.8 Å². The number of halogens is 3. The topological polar surface area (TPSA) is 9.23 Å². The molecule has 0 fully saturated rings. The zero-order valence-electron chi connectivity index (χ0n) is 11.0. The molecule has 4 heteroatoms. The first-order valence-corrected chi connectivity index (χ1v) is 6.17. The zero-order chi connectivity index (χ0) is 13.8. The van der Waals surface area contributed by atoms with E-state index in [0.717, 1.165) is 19.3 Å². The molecule has 0 aromatic heterocycles. The Bertz CT molecular complexity index is 387. The van der Waals surface area contributed by atoms with Gasteiger partial charge in [-0.05, 0) is 24.3 Å². The van der Waals surface area contributed by atoms with E-state index in [1.807, 2.05) is 20.8 Å². The number of ether oxygens (including phenoxy) is 1. The lowest BCUT2D eigenvalue weighted by Gasteiger charge is -2.30. The fraction of sp³-hybridized carbons (Fsp3) is 0.571. The van der Waals surface area contributed by atoms with Gasteiger partial charge in [0.2, 0.25) is 0 Å². The Labute approximate surface area is 106 Å². The van der Waals surface area contributed by atoms with Crippen molar-refractivity contribution < 1.29 is 17.9 Å². The van der Waals surface area contributed by atoms with Crippen LogP contribution < -0.4 is 4.74 Å². The Hall–Kier alpha value is -1.19. The number of para-hydroxylation sites is 1. The molecule has 18 heavy (non-hydrogen) atoms. The summed E-state index contributed by atoms with van der Waals surface area (Å²) in [5, 5.41) is 0. The van der Waals surface area contributed by atoms with E-state index >= 15 is 0 Å². The molecule has 0 aliphatic heterocycles. The van der Waals surface area contributed by atoms with Gasteiger partial charge in [0, 0.05) is 5.56 Å². The summed E-state index contributed by atoms with van der Waals surface area (Å²) >= 11 is 0. The highest BCUT2D eigenvalue weighted by Crippen LogP contribution is 2.39. The largest absolute Gasteiger partial charge is 0.573 e. The maximum absolute atomic E-state index is 12.4. The molecule has 0 saturated heterocycles. The Morgan fingerprint density at radius 2 is 1.72 bits per heavy atom. The first-order chi connectivity index (χ1) is 8.32. The number of hydrogen-bond acceptors (Lipinski definition) is 1. The van der Waals surface area contributed by atoms with Crippen molar-refractivity contribution in [2.75, 3.05) is 0 Å². The summed E-state index contributed by atoms with van der Waals surface area (Å²) in [6, 6.07) is 6.42. The van der Waals surface area contributed by atoms with E-state index in [0.29, 0.717) is 5.56 Å². The average molecular weight is 260 g/mol. The SMILES string of the molecule is CCCC(C)(CC)c1ccccc1OC(F)(F)F. The summed E-state index contributed by atoms with van der Waals surface area (Å²) in [7, 11) is 0. The van der Waals surface area contributed by atoms with Gasteiger partial charge in [-0.3, -0.25) is 0 Å². The molecular weight excluding hydrogens is 241 g/mol. The predicted octanol–water partition coefficient (Wildman–Crippen LogP) is 5.05. The Morgan fingerprint density at radius 1 is 1.11 bits per heavy atom. The standard InChI is InChI=1S/C14H19F3O/c1-4-10-13(3,5-2)11-8-6-7-9-12(11)18-14(15,16)17/h6-9H,4-5,10H2,1-3H3. The van der Waals surface area contributed by atoms with Crippen LogP contribution in [0.5, 0.6) is 5.75 Å². The van der Waals surface area contributed by atoms with Crippen molar-refractivity contribution >= 4 is 0 Å². The van der Waals surface area contributed by atoms with E-state index in [4.69, 9.17) is 0 Å². The second kappa shape index (κ2) is 5.63. The highest BCUT2D eigenvalue weighted by molar-refractivity contribution is 5.39. The van der Waals surface area contributed by atoms with E-state index < -0.39 is 6.36 Å². The molecule has 1 nitrogen and oxygen atoms in total. The number of hydrogen-bond donors (Lipinski definition) is 0. The molecule has 1 aromatic carbocycles. The molecule has 1 unspecified atom stereocenters. The molecule has 1 atom stereocenters. The molecule has 0 spiro atoms. The third-order valence-electron chi connectivity index (χ3n) is 3.35. The molecule has 0 N–H and O–H groups in total. The Kier molecular flexibility index (Phi) is 4.65. The maximum Gasteiger partial charge on any atom is 0.573 e. The van der Waals surface area contributed by atoms with Crippen molar-refractivity contribution in [1.29, 1.82) is 0 Å². The normalized spacial score (nSPS) is 15.2. The van der Waals surface area contributed by atoms with Gasteiger partial charge in [-0.15, -0.1) is 13.2 Å². The van der Waals surface area contributed by atoms with Gasteiger partial charge in [0.05, 0.1) is 0 Å². The lowest BCUT2D eigenvalue weighted by atomic mass is 9.76. The third-order valence-corrected chi connectivity index (χ3v) is 3.35. The fourth-order valence-electron chi connectivity index (χ4n) is 2.23. The number of rotatable bonds is 5. The first kappa shape index (κ1) is 14.9. The van der Waals surface area contributed by atoms with E-state index in [1.54, 1.807) is 18.2 Å². The van der Waals surface area contributed by atoms with Crippen LogP contribution in [0.2, 0.25) is 0 Å². The van der Waals surface area contributed by atoms with Crippen LogP contribution in [-0.4, -0.2) is 6.36 Å². The van der Waals surface area contributed by atoms with Crippen LogP contribution in [0.1, 0.15) is 45.6 Å². The summed E-state index contributed by atoms with van der Waals surface area (Å²) < 4.78 is 41.3. The third kappa shape index (κ3) is 3.65. The van der Waals surface area contributed by atoms with Gasteiger partial charge >= 0.3 is 6.36 Å². The molecule has 1 rings (SSSR count). The van der Waals surface area contributed by atoms with Crippen LogP contribution in [0.25, 0.3) is 0 Å². The summed E-state index contributed by atoms with van der Waals surface area (Å²) in [6.07, 6.45) is -2.11. The van der Waals surface area contributed by atoms with Gasteiger partial charge in [-0.2, -0.15) is 0 Å². The van der Waals surface area contributed by atoms with Gasteiger partial charge in [-0.25, -0.2) is 0 Å². The molecule has 0 aliphatic rings. The van der Waals surface area contributed by atoms with Gasteiger partial charge in [0.1, 0.15) is 5.75 Å². The van der Waals surface area contributed by atoms with Crippen molar-refractivity contribution in [1.82, 2.24) is 0 Å². The number of benzene rings is 1. The Morgan fingerprint density at radius 3 is 2.22 bits per heavy atom. The second-order valence-corrected chi connectivity index (χ2v) is 4.71. The molecule has 0 amide bonds. The highest BCUT2D eigenvalue weighted by Gasteiger charge is 2.35. The van der Waals surface area contributed by atoms with Gasteiger partial charge in [0.15, 0.2) is 0 Å². The molecule has 0 bridgehead atoms.